The number of aromatic nitrogens is 2. The summed E-state index contributed by atoms with van der Waals surface area (Å²) in [6.07, 6.45) is 8.50. The van der Waals surface area contributed by atoms with Crippen LogP contribution in [0.5, 0.6) is 0 Å². The maximum Gasteiger partial charge on any atom is 0.257 e. The van der Waals surface area contributed by atoms with E-state index in [2.05, 4.69) is 15.3 Å². The Hall–Kier alpha value is -2.33. The standard InChI is InChI=1S/C21H24ClN3O5S/c1-31(29,30)19-7-6-14(9-16(19)22)15(8-13-4-2-3-5-13)21(28)25-20-11-23-17(10-24-20)18(27)12-26/h6-11,13,18,26-27H,2-5,12H2,1H3,(H,24,25,28)/b15-8+/t18-/m0/s1. The van der Waals surface area contributed by atoms with E-state index in [9.17, 15) is 18.3 Å². The number of sulfone groups is 1. The first-order valence-corrected chi connectivity index (χ1v) is 12.1. The number of amides is 1. The van der Waals surface area contributed by atoms with Gasteiger partial charge in [-0.25, -0.2) is 13.4 Å². The van der Waals surface area contributed by atoms with Crippen LogP contribution in [0.1, 0.15) is 43.0 Å². The highest BCUT2D eigenvalue weighted by Gasteiger charge is 2.21. The van der Waals surface area contributed by atoms with Crippen molar-refractivity contribution in [2.24, 2.45) is 5.92 Å². The van der Waals surface area contributed by atoms with Gasteiger partial charge in [-0.05, 0) is 36.5 Å². The number of allylic oxidation sites excluding steroid dienone is 1. The molecule has 0 saturated heterocycles. The smallest absolute Gasteiger partial charge is 0.257 e. The van der Waals surface area contributed by atoms with Crippen LogP contribution in [0.4, 0.5) is 5.82 Å². The Morgan fingerprint density at radius 2 is 2.00 bits per heavy atom. The fourth-order valence-corrected chi connectivity index (χ4v) is 4.81. The zero-order valence-electron chi connectivity index (χ0n) is 17.0. The predicted molar refractivity (Wildman–Crippen MR) is 117 cm³/mol. The molecule has 10 heteroatoms. The van der Waals surface area contributed by atoms with Crippen molar-refractivity contribution in [3.8, 4) is 0 Å². The van der Waals surface area contributed by atoms with Gasteiger partial charge in [-0.15, -0.1) is 0 Å². The number of carbonyl (C=O) groups is 1. The van der Waals surface area contributed by atoms with Crippen molar-refractivity contribution in [3.63, 3.8) is 0 Å². The lowest BCUT2D eigenvalue weighted by molar-refractivity contribution is -0.111. The molecule has 1 fully saturated rings. The minimum absolute atomic E-state index is 0.00226. The number of nitrogens with zero attached hydrogens (tertiary/aromatic N) is 2. The van der Waals surface area contributed by atoms with Crippen molar-refractivity contribution in [1.29, 1.82) is 0 Å². The maximum absolute atomic E-state index is 13.1. The van der Waals surface area contributed by atoms with Gasteiger partial charge in [-0.2, -0.15) is 0 Å². The molecule has 2 aromatic rings. The number of benzene rings is 1. The van der Waals surface area contributed by atoms with Gasteiger partial charge in [0.2, 0.25) is 0 Å². The molecule has 31 heavy (non-hydrogen) atoms. The molecular formula is C21H24ClN3O5S. The molecule has 1 saturated carbocycles. The van der Waals surface area contributed by atoms with Gasteiger partial charge in [-0.1, -0.05) is 36.6 Å². The van der Waals surface area contributed by atoms with Gasteiger partial charge in [-0.3, -0.25) is 9.78 Å². The van der Waals surface area contributed by atoms with Crippen molar-refractivity contribution >= 4 is 38.7 Å². The minimum atomic E-state index is -3.49. The summed E-state index contributed by atoms with van der Waals surface area (Å²) in [5.41, 5.74) is 1.06. The van der Waals surface area contributed by atoms with E-state index in [0.717, 1.165) is 31.9 Å². The van der Waals surface area contributed by atoms with Crippen LogP contribution in [0, 0.1) is 5.92 Å². The highest BCUT2D eigenvalue weighted by molar-refractivity contribution is 7.90. The van der Waals surface area contributed by atoms with Crippen LogP contribution in [0.2, 0.25) is 5.02 Å². The third-order valence-electron chi connectivity index (χ3n) is 5.12. The fraction of sp³-hybridized carbons (Fsp3) is 0.381. The van der Waals surface area contributed by atoms with Gasteiger partial charge in [0, 0.05) is 11.8 Å². The molecule has 3 rings (SSSR count). The first-order valence-electron chi connectivity index (χ1n) is 9.83. The van der Waals surface area contributed by atoms with Gasteiger partial charge in [0.25, 0.3) is 5.91 Å². The molecular weight excluding hydrogens is 442 g/mol. The zero-order chi connectivity index (χ0) is 22.6. The molecule has 166 valence electrons. The Kier molecular flexibility index (Phi) is 7.42. The maximum atomic E-state index is 13.1. The molecule has 0 unspecified atom stereocenters. The second-order valence-corrected chi connectivity index (χ2v) is 9.91. The number of aliphatic hydroxyl groups excluding tert-OH is 2. The highest BCUT2D eigenvalue weighted by atomic mass is 35.5. The fourth-order valence-electron chi connectivity index (χ4n) is 3.48. The molecule has 1 heterocycles. The number of aliphatic hydroxyl groups is 2. The number of halogens is 1. The van der Waals surface area contributed by atoms with Gasteiger partial charge in [0.1, 0.15) is 6.10 Å². The predicted octanol–water partition coefficient (Wildman–Crippen LogP) is 2.77. The first kappa shape index (κ1) is 23.3. The van der Waals surface area contributed by atoms with E-state index >= 15 is 0 Å². The van der Waals surface area contributed by atoms with Crippen LogP contribution in [0.15, 0.2) is 41.6 Å². The molecule has 0 aliphatic heterocycles. The quantitative estimate of drug-likeness (QED) is 0.536. The Labute approximate surface area is 185 Å². The summed E-state index contributed by atoms with van der Waals surface area (Å²) < 4.78 is 23.7. The minimum Gasteiger partial charge on any atom is -0.393 e. The number of hydrogen-bond acceptors (Lipinski definition) is 7. The summed E-state index contributed by atoms with van der Waals surface area (Å²) in [7, 11) is -3.49. The second-order valence-electron chi connectivity index (χ2n) is 7.52. The Balaban J connectivity index is 1.90. The van der Waals surface area contributed by atoms with E-state index in [4.69, 9.17) is 16.7 Å². The normalized spacial score (nSPS) is 16.3. The van der Waals surface area contributed by atoms with Crippen molar-refractivity contribution in [1.82, 2.24) is 9.97 Å². The molecule has 1 aromatic carbocycles. The third-order valence-corrected chi connectivity index (χ3v) is 6.70. The van der Waals surface area contributed by atoms with Crippen molar-refractivity contribution < 1.29 is 23.4 Å². The highest BCUT2D eigenvalue weighted by Crippen LogP contribution is 2.32. The average Bonchev–Trinajstić information content (AvgIpc) is 3.24. The molecule has 0 spiro atoms. The Morgan fingerprint density at radius 3 is 2.55 bits per heavy atom. The average molecular weight is 466 g/mol. The number of anilines is 1. The van der Waals surface area contributed by atoms with Gasteiger partial charge in [0.05, 0.1) is 34.6 Å². The molecule has 1 aliphatic carbocycles. The summed E-state index contributed by atoms with van der Waals surface area (Å²) in [6, 6.07) is 4.44. The molecule has 0 radical (unpaired) electrons. The summed E-state index contributed by atoms with van der Waals surface area (Å²) in [5, 5.41) is 21.3. The van der Waals surface area contributed by atoms with Gasteiger partial charge < -0.3 is 15.5 Å². The van der Waals surface area contributed by atoms with E-state index < -0.39 is 28.5 Å². The lowest BCUT2D eigenvalue weighted by Crippen LogP contribution is -2.16. The molecule has 8 nitrogen and oxygen atoms in total. The number of carbonyl (C=O) groups excluding carboxylic acids is 1. The zero-order valence-corrected chi connectivity index (χ0v) is 18.5. The lowest BCUT2D eigenvalue weighted by Gasteiger charge is -2.13. The van der Waals surface area contributed by atoms with Crippen molar-refractivity contribution in [3.05, 3.63) is 52.9 Å². The van der Waals surface area contributed by atoms with E-state index in [1.165, 1.54) is 24.5 Å². The number of hydrogen-bond donors (Lipinski definition) is 3. The van der Waals surface area contributed by atoms with Crippen molar-refractivity contribution in [2.45, 2.75) is 36.7 Å². The molecule has 0 bridgehead atoms. The second kappa shape index (κ2) is 9.86. The Bertz CT molecular complexity index is 1080. The number of rotatable bonds is 7. The van der Waals surface area contributed by atoms with E-state index in [1.54, 1.807) is 6.07 Å². The topological polar surface area (TPSA) is 129 Å². The number of nitrogens with one attached hydrogen (secondary N) is 1. The van der Waals surface area contributed by atoms with E-state index in [0.29, 0.717) is 11.1 Å². The van der Waals surface area contributed by atoms with Crippen LogP contribution < -0.4 is 5.32 Å². The Morgan fingerprint density at radius 1 is 1.29 bits per heavy atom. The van der Waals surface area contributed by atoms with Gasteiger partial charge >= 0.3 is 0 Å². The summed E-state index contributed by atoms with van der Waals surface area (Å²) >= 11 is 6.20. The SMILES string of the molecule is CS(=O)(=O)c1ccc(/C(=C\C2CCCC2)C(=O)Nc2cnc([C@@H](O)CO)cn2)cc1Cl. The first-order chi connectivity index (χ1) is 14.7. The van der Waals surface area contributed by atoms with E-state index in [-0.39, 0.29) is 27.3 Å². The van der Waals surface area contributed by atoms with Gasteiger partial charge in [0.15, 0.2) is 15.7 Å². The summed E-state index contributed by atoms with van der Waals surface area (Å²) in [5.74, 6) is -0.0165. The van der Waals surface area contributed by atoms with E-state index in [1.807, 2.05) is 6.08 Å². The molecule has 1 aromatic heterocycles. The summed E-state index contributed by atoms with van der Waals surface area (Å²) in [6.45, 7) is -0.487. The third kappa shape index (κ3) is 5.88. The van der Waals surface area contributed by atoms with Crippen molar-refractivity contribution in [2.75, 3.05) is 18.2 Å². The van der Waals surface area contributed by atoms with Crippen LogP contribution >= 0.6 is 11.6 Å². The largest absolute Gasteiger partial charge is 0.393 e. The molecule has 1 atom stereocenters. The molecule has 1 aliphatic rings. The van der Waals surface area contributed by atoms with Crippen LogP contribution in [-0.4, -0.2) is 47.4 Å². The monoisotopic (exact) mass is 465 g/mol. The van der Waals surface area contributed by atoms with Crippen LogP contribution in [-0.2, 0) is 14.6 Å². The molecule has 1 amide bonds. The van der Waals surface area contributed by atoms with Crippen LogP contribution in [0.3, 0.4) is 0 Å². The summed E-state index contributed by atoms with van der Waals surface area (Å²) in [4.78, 5) is 21.1. The molecule has 3 N–H and O–H groups in total. The van der Waals surface area contributed by atoms with Crippen LogP contribution in [0.25, 0.3) is 5.57 Å². The lowest BCUT2D eigenvalue weighted by atomic mass is 9.98.